The Balaban J connectivity index is 1.52. The molecule has 2 aromatic heterocycles. The second kappa shape index (κ2) is 10.1. The third-order valence-electron chi connectivity index (χ3n) is 7.80. The average molecular weight is 549 g/mol. The Morgan fingerprint density at radius 2 is 1.97 bits per heavy atom. The highest BCUT2D eigenvalue weighted by Crippen LogP contribution is 2.45. The van der Waals surface area contributed by atoms with Crippen LogP contribution in [0.4, 0.5) is 5.00 Å². The van der Waals surface area contributed by atoms with E-state index in [4.69, 9.17) is 28.2 Å². The number of nitriles is 1. The number of hydrogen-bond donors (Lipinski definition) is 1. The van der Waals surface area contributed by atoms with Crippen LogP contribution in [0.5, 0.6) is 0 Å². The third kappa shape index (κ3) is 4.86. The van der Waals surface area contributed by atoms with Gasteiger partial charge in [0.05, 0.1) is 32.4 Å². The fourth-order valence-electron chi connectivity index (χ4n) is 5.09. The van der Waals surface area contributed by atoms with Gasteiger partial charge < -0.3 is 5.32 Å². The molecule has 1 amide bonds. The van der Waals surface area contributed by atoms with Crippen LogP contribution in [0.25, 0.3) is 22.2 Å². The van der Waals surface area contributed by atoms with Crippen molar-refractivity contribution in [2.45, 2.75) is 46.5 Å². The lowest BCUT2D eigenvalue weighted by molar-refractivity contribution is 0.102. The Kier molecular flexibility index (Phi) is 7.02. The van der Waals surface area contributed by atoms with Crippen LogP contribution in [0.2, 0.25) is 10.0 Å². The smallest absolute Gasteiger partial charge is 0.257 e. The van der Waals surface area contributed by atoms with Crippen molar-refractivity contribution in [3.05, 3.63) is 80.1 Å². The van der Waals surface area contributed by atoms with Gasteiger partial charge in [-0.1, -0.05) is 74.7 Å². The highest BCUT2D eigenvalue weighted by atomic mass is 35.5. The van der Waals surface area contributed by atoms with E-state index < -0.39 is 0 Å². The summed E-state index contributed by atoms with van der Waals surface area (Å²) in [7, 11) is 0. The summed E-state index contributed by atoms with van der Waals surface area (Å²) in [5, 5.41) is 15.3. The van der Waals surface area contributed by atoms with Gasteiger partial charge in [0.15, 0.2) is 0 Å². The molecule has 188 valence electrons. The summed E-state index contributed by atoms with van der Waals surface area (Å²) in [6, 6.07) is 17.0. The van der Waals surface area contributed by atoms with E-state index in [1.165, 1.54) is 4.88 Å². The molecule has 1 unspecified atom stereocenters. The predicted molar refractivity (Wildman–Crippen MR) is 154 cm³/mol. The number of halogens is 2. The number of rotatable bonds is 5. The van der Waals surface area contributed by atoms with Crippen LogP contribution >= 0.6 is 34.5 Å². The van der Waals surface area contributed by atoms with Crippen LogP contribution < -0.4 is 5.32 Å². The summed E-state index contributed by atoms with van der Waals surface area (Å²) in [5.74, 6) is 0.303. The Bertz CT molecular complexity index is 1570. The van der Waals surface area contributed by atoms with Gasteiger partial charge in [0.25, 0.3) is 5.91 Å². The molecule has 0 aliphatic heterocycles. The van der Waals surface area contributed by atoms with Crippen molar-refractivity contribution in [1.82, 2.24) is 4.98 Å². The summed E-state index contributed by atoms with van der Waals surface area (Å²) in [5.41, 5.74) is 4.53. The number of fused-ring (bicyclic) bond motifs is 2. The summed E-state index contributed by atoms with van der Waals surface area (Å²) >= 11 is 13.9. The number of nitrogens with zero attached hydrogens (tertiary/aromatic N) is 2. The van der Waals surface area contributed by atoms with Crippen LogP contribution in [-0.2, 0) is 12.8 Å². The Morgan fingerprint density at radius 3 is 2.70 bits per heavy atom. The van der Waals surface area contributed by atoms with Crippen LogP contribution in [-0.4, -0.2) is 10.9 Å². The van der Waals surface area contributed by atoms with Crippen molar-refractivity contribution in [2.75, 3.05) is 5.32 Å². The molecule has 0 saturated heterocycles. The molecule has 0 spiro atoms. The van der Waals surface area contributed by atoms with Gasteiger partial charge in [-0.25, -0.2) is 4.98 Å². The molecule has 7 heteroatoms. The SMILES string of the molecule is CCC(C)(C)C1CCc2c(sc(NC(=O)c3cc(-c4ccc(Cl)c(Cl)c4)nc4ccccc34)c2C#N)C1. The first-order valence-corrected chi connectivity index (χ1v) is 14.0. The number of thiophene rings is 1. The van der Waals surface area contributed by atoms with E-state index in [2.05, 4.69) is 32.2 Å². The largest absolute Gasteiger partial charge is 0.312 e. The number of carbonyl (C=O) groups excluding carboxylic acids is 1. The van der Waals surface area contributed by atoms with Gasteiger partial charge in [0.2, 0.25) is 0 Å². The molecule has 1 atom stereocenters. The quantitative estimate of drug-likeness (QED) is 0.271. The lowest BCUT2D eigenvalue weighted by Gasteiger charge is -2.36. The molecule has 1 N–H and O–H groups in total. The molecule has 4 aromatic rings. The number of aromatic nitrogens is 1. The highest BCUT2D eigenvalue weighted by Gasteiger charge is 2.34. The molecule has 5 rings (SSSR count). The van der Waals surface area contributed by atoms with Crippen molar-refractivity contribution >= 4 is 56.3 Å². The summed E-state index contributed by atoms with van der Waals surface area (Å²) in [6.45, 7) is 6.88. The van der Waals surface area contributed by atoms with E-state index in [0.29, 0.717) is 43.3 Å². The topological polar surface area (TPSA) is 65.8 Å². The summed E-state index contributed by atoms with van der Waals surface area (Å²) in [4.78, 5) is 19.7. The molecule has 4 nitrogen and oxygen atoms in total. The van der Waals surface area contributed by atoms with E-state index in [1.807, 2.05) is 30.3 Å². The second-order valence-corrected chi connectivity index (χ2v) is 12.2. The summed E-state index contributed by atoms with van der Waals surface area (Å²) in [6.07, 6.45) is 4.00. The fraction of sp³-hybridized carbons (Fsp3) is 0.300. The van der Waals surface area contributed by atoms with Crippen molar-refractivity contribution in [3.8, 4) is 17.3 Å². The fourth-order valence-corrected chi connectivity index (χ4v) is 6.66. The maximum absolute atomic E-state index is 13.7. The van der Waals surface area contributed by atoms with Crippen molar-refractivity contribution in [2.24, 2.45) is 11.3 Å². The molecule has 0 bridgehead atoms. The lowest BCUT2D eigenvalue weighted by Crippen LogP contribution is -2.28. The second-order valence-electron chi connectivity index (χ2n) is 10.3. The first kappa shape index (κ1) is 25.7. The molecular formula is C30H27Cl2N3OS. The molecule has 0 radical (unpaired) electrons. The number of anilines is 1. The van der Waals surface area contributed by atoms with E-state index in [0.717, 1.165) is 42.2 Å². The first-order valence-electron chi connectivity index (χ1n) is 12.4. The van der Waals surface area contributed by atoms with Gasteiger partial charge in [-0.2, -0.15) is 5.26 Å². The molecule has 1 aliphatic rings. The predicted octanol–water partition coefficient (Wildman–Crippen LogP) is 8.94. The Morgan fingerprint density at radius 1 is 1.19 bits per heavy atom. The molecular weight excluding hydrogens is 521 g/mol. The molecule has 2 heterocycles. The minimum absolute atomic E-state index is 0.245. The van der Waals surface area contributed by atoms with Gasteiger partial charge in [-0.3, -0.25) is 4.79 Å². The van der Waals surface area contributed by atoms with E-state index in [-0.39, 0.29) is 11.3 Å². The van der Waals surface area contributed by atoms with Gasteiger partial charge in [0, 0.05) is 15.8 Å². The van der Waals surface area contributed by atoms with Gasteiger partial charge in [-0.05, 0) is 60.4 Å². The number of pyridine rings is 1. The number of para-hydroxylation sites is 1. The Hall–Kier alpha value is -2.91. The zero-order valence-electron chi connectivity index (χ0n) is 21.0. The number of carbonyl (C=O) groups is 1. The zero-order chi connectivity index (χ0) is 26.3. The maximum Gasteiger partial charge on any atom is 0.257 e. The maximum atomic E-state index is 13.7. The standard InChI is InChI=1S/C30H27Cl2N3OS/c1-4-30(2,3)18-10-11-20-22(16-33)29(37-27(20)14-18)35-28(36)21-15-26(17-9-12-23(31)24(32)13-17)34-25-8-6-5-7-19(21)25/h5-9,12-13,15,18H,4,10-11,14H2,1-3H3,(H,35,36). The van der Waals surface area contributed by atoms with Crippen LogP contribution in [0, 0.1) is 22.7 Å². The molecule has 0 saturated carbocycles. The van der Waals surface area contributed by atoms with Crippen molar-refractivity contribution < 1.29 is 4.79 Å². The van der Waals surface area contributed by atoms with Crippen LogP contribution in [0.15, 0.2) is 48.5 Å². The van der Waals surface area contributed by atoms with Crippen LogP contribution in [0.3, 0.4) is 0 Å². The van der Waals surface area contributed by atoms with Gasteiger partial charge in [0.1, 0.15) is 11.1 Å². The van der Waals surface area contributed by atoms with E-state index in [1.54, 1.807) is 29.5 Å². The van der Waals surface area contributed by atoms with E-state index in [9.17, 15) is 10.1 Å². The summed E-state index contributed by atoms with van der Waals surface area (Å²) < 4.78 is 0. The monoisotopic (exact) mass is 547 g/mol. The van der Waals surface area contributed by atoms with Gasteiger partial charge in [-0.15, -0.1) is 11.3 Å². The third-order valence-corrected chi connectivity index (χ3v) is 9.71. The Labute approximate surface area is 231 Å². The number of nitrogens with one attached hydrogen (secondary N) is 1. The number of benzene rings is 2. The normalized spacial score (nSPS) is 15.3. The molecule has 0 fully saturated rings. The minimum Gasteiger partial charge on any atom is -0.312 e. The number of amides is 1. The van der Waals surface area contributed by atoms with Crippen LogP contribution in [0.1, 0.15) is 60.0 Å². The first-order chi connectivity index (χ1) is 17.7. The zero-order valence-corrected chi connectivity index (χ0v) is 23.3. The minimum atomic E-state index is -0.263. The number of hydrogen-bond acceptors (Lipinski definition) is 4. The molecule has 37 heavy (non-hydrogen) atoms. The van der Waals surface area contributed by atoms with Gasteiger partial charge >= 0.3 is 0 Å². The van der Waals surface area contributed by atoms with E-state index >= 15 is 0 Å². The van der Waals surface area contributed by atoms with Crippen molar-refractivity contribution in [3.63, 3.8) is 0 Å². The highest BCUT2D eigenvalue weighted by molar-refractivity contribution is 7.16. The lowest BCUT2D eigenvalue weighted by atomic mass is 9.69. The van der Waals surface area contributed by atoms with Crippen molar-refractivity contribution in [1.29, 1.82) is 5.26 Å². The average Bonchev–Trinajstić information content (AvgIpc) is 3.25. The molecule has 1 aliphatic carbocycles. The molecule has 2 aromatic carbocycles.